The van der Waals surface area contributed by atoms with E-state index in [1.807, 2.05) is 0 Å². The summed E-state index contributed by atoms with van der Waals surface area (Å²) in [7, 11) is 4.32. The van der Waals surface area contributed by atoms with Crippen LogP contribution in [-0.2, 0) is 0 Å². The number of rotatable bonds is 5. The van der Waals surface area contributed by atoms with E-state index in [0.29, 0.717) is 6.04 Å². The molecule has 0 aliphatic carbocycles. The van der Waals surface area contributed by atoms with Crippen LogP contribution in [0.5, 0.6) is 0 Å². The summed E-state index contributed by atoms with van der Waals surface area (Å²) in [5.74, 6) is 0. The fraction of sp³-hybridized carbons (Fsp3) is 1.00. The average molecular weight is 227 g/mol. The van der Waals surface area contributed by atoms with Crippen LogP contribution in [0, 0.1) is 0 Å². The molecule has 0 radical (unpaired) electrons. The molecule has 1 heterocycles. The Morgan fingerprint density at radius 2 is 2.06 bits per heavy atom. The van der Waals surface area contributed by atoms with Crippen molar-refractivity contribution < 1.29 is 0 Å². The maximum atomic E-state index is 3.57. The average Bonchev–Trinajstić information content (AvgIpc) is 2.46. The van der Waals surface area contributed by atoms with E-state index in [4.69, 9.17) is 0 Å². The lowest BCUT2D eigenvalue weighted by Crippen LogP contribution is -2.49. The molecule has 2 unspecified atom stereocenters. The van der Waals surface area contributed by atoms with Crippen molar-refractivity contribution in [1.82, 2.24) is 15.1 Å². The van der Waals surface area contributed by atoms with E-state index in [-0.39, 0.29) is 0 Å². The van der Waals surface area contributed by atoms with Gasteiger partial charge < -0.3 is 10.2 Å². The van der Waals surface area contributed by atoms with Crippen LogP contribution in [0.4, 0.5) is 0 Å². The largest absolute Gasteiger partial charge is 0.315 e. The van der Waals surface area contributed by atoms with Crippen molar-refractivity contribution in [2.24, 2.45) is 0 Å². The first-order valence-electron chi connectivity index (χ1n) is 6.76. The van der Waals surface area contributed by atoms with Gasteiger partial charge in [-0.05, 0) is 47.0 Å². The Morgan fingerprint density at radius 1 is 1.31 bits per heavy atom. The standard InChI is InChI=1S/C13H29N3/c1-5-16(12(2)11-15(3)4)13-8-6-7-9-14-10-13/h12-14H,5-11H2,1-4H3. The third kappa shape index (κ3) is 4.40. The SMILES string of the molecule is CCN(C(C)CN(C)C)C1CCCCNC1. The Morgan fingerprint density at radius 3 is 2.69 bits per heavy atom. The third-order valence-corrected chi connectivity index (χ3v) is 3.55. The van der Waals surface area contributed by atoms with Crippen LogP contribution in [0.2, 0.25) is 0 Å². The number of likely N-dealkylation sites (N-methyl/N-ethyl adjacent to an activating group) is 2. The zero-order valence-electron chi connectivity index (χ0n) is 11.5. The second kappa shape index (κ2) is 7.25. The molecule has 3 nitrogen and oxygen atoms in total. The molecule has 0 saturated carbocycles. The van der Waals surface area contributed by atoms with Gasteiger partial charge in [-0.15, -0.1) is 0 Å². The Balaban J connectivity index is 2.49. The highest BCUT2D eigenvalue weighted by atomic mass is 15.2. The molecule has 1 aliphatic rings. The summed E-state index contributed by atoms with van der Waals surface area (Å²) < 4.78 is 0. The van der Waals surface area contributed by atoms with Gasteiger partial charge in [0, 0.05) is 25.2 Å². The summed E-state index contributed by atoms with van der Waals surface area (Å²) in [6.45, 7) is 9.35. The molecule has 1 saturated heterocycles. The first-order valence-corrected chi connectivity index (χ1v) is 6.76. The maximum absolute atomic E-state index is 3.57. The molecule has 0 amide bonds. The minimum atomic E-state index is 0.657. The molecule has 1 aliphatic heterocycles. The quantitative estimate of drug-likeness (QED) is 0.766. The number of nitrogens with zero attached hydrogens (tertiary/aromatic N) is 2. The first-order chi connectivity index (χ1) is 7.65. The predicted molar refractivity (Wildman–Crippen MR) is 70.9 cm³/mol. The summed E-state index contributed by atoms with van der Waals surface area (Å²) in [5.41, 5.74) is 0. The highest BCUT2D eigenvalue weighted by Gasteiger charge is 2.23. The second-order valence-electron chi connectivity index (χ2n) is 5.30. The molecule has 16 heavy (non-hydrogen) atoms. The Labute approximate surface area is 101 Å². The summed E-state index contributed by atoms with van der Waals surface area (Å²) in [4.78, 5) is 4.95. The lowest BCUT2D eigenvalue weighted by molar-refractivity contribution is 0.122. The van der Waals surface area contributed by atoms with E-state index >= 15 is 0 Å². The van der Waals surface area contributed by atoms with Crippen LogP contribution in [0.3, 0.4) is 0 Å². The summed E-state index contributed by atoms with van der Waals surface area (Å²) >= 11 is 0. The molecule has 0 spiro atoms. The van der Waals surface area contributed by atoms with Gasteiger partial charge in [0.25, 0.3) is 0 Å². The Kier molecular flexibility index (Phi) is 6.32. The smallest absolute Gasteiger partial charge is 0.0223 e. The molecular formula is C13H29N3. The van der Waals surface area contributed by atoms with E-state index < -0.39 is 0 Å². The van der Waals surface area contributed by atoms with Gasteiger partial charge in [0.15, 0.2) is 0 Å². The summed E-state index contributed by atoms with van der Waals surface area (Å²) in [6, 6.07) is 1.40. The van der Waals surface area contributed by atoms with E-state index in [9.17, 15) is 0 Å². The second-order valence-corrected chi connectivity index (χ2v) is 5.30. The molecule has 96 valence electrons. The van der Waals surface area contributed by atoms with E-state index in [1.165, 1.54) is 38.9 Å². The fourth-order valence-corrected chi connectivity index (χ4v) is 2.85. The van der Waals surface area contributed by atoms with E-state index in [0.717, 1.165) is 12.6 Å². The zero-order valence-corrected chi connectivity index (χ0v) is 11.5. The van der Waals surface area contributed by atoms with Crippen molar-refractivity contribution in [3.63, 3.8) is 0 Å². The summed E-state index contributed by atoms with van der Waals surface area (Å²) in [6.07, 6.45) is 4.08. The Hall–Kier alpha value is -0.120. The lowest BCUT2D eigenvalue weighted by Gasteiger charge is -2.36. The van der Waals surface area contributed by atoms with Gasteiger partial charge in [0.1, 0.15) is 0 Å². The highest BCUT2D eigenvalue weighted by molar-refractivity contribution is 4.81. The molecule has 2 atom stereocenters. The monoisotopic (exact) mass is 227 g/mol. The van der Waals surface area contributed by atoms with Crippen molar-refractivity contribution in [3.8, 4) is 0 Å². The molecule has 1 rings (SSSR count). The van der Waals surface area contributed by atoms with E-state index in [2.05, 4.69) is 43.1 Å². The van der Waals surface area contributed by atoms with Crippen LogP contribution in [-0.4, -0.2) is 62.2 Å². The topological polar surface area (TPSA) is 18.5 Å². The summed E-state index contributed by atoms with van der Waals surface area (Å²) in [5, 5.41) is 3.57. The molecule has 0 aromatic rings. The Bertz CT molecular complexity index is 174. The molecule has 0 bridgehead atoms. The van der Waals surface area contributed by atoms with Crippen molar-refractivity contribution in [2.45, 2.75) is 45.2 Å². The van der Waals surface area contributed by atoms with Crippen molar-refractivity contribution in [2.75, 3.05) is 40.3 Å². The molecule has 1 N–H and O–H groups in total. The molecule has 0 aromatic heterocycles. The van der Waals surface area contributed by atoms with Crippen LogP contribution in [0.1, 0.15) is 33.1 Å². The molecule has 0 aromatic carbocycles. The van der Waals surface area contributed by atoms with Crippen molar-refractivity contribution in [3.05, 3.63) is 0 Å². The van der Waals surface area contributed by atoms with Gasteiger partial charge in [-0.1, -0.05) is 13.3 Å². The van der Waals surface area contributed by atoms with Crippen LogP contribution in [0.25, 0.3) is 0 Å². The van der Waals surface area contributed by atoms with Crippen LogP contribution in [0.15, 0.2) is 0 Å². The van der Waals surface area contributed by atoms with Crippen LogP contribution >= 0.6 is 0 Å². The number of hydrogen-bond donors (Lipinski definition) is 1. The predicted octanol–water partition coefficient (Wildman–Crippen LogP) is 1.40. The minimum absolute atomic E-state index is 0.657. The number of nitrogens with one attached hydrogen (secondary N) is 1. The normalized spacial score (nSPS) is 24.8. The molecule has 3 heteroatoms. The van der Waals surface area contributed by atoms with Crippen molar-refractivity contribution >= 4 is 0 Å². The van der Waals surface area contributed by atoms with Crippen molar-refractivity contribution in [1.29, 1.82) is 0 Å². The maximum Gasteiger partial charge on any atom is 0.0223 e. The minimum Gasteiger partial charge on any atom is -0.315 e. The van der Waals surface area contributed by atoms with Crippen LogP contribution < -0.4 is 5.32 Å². The van der Waals surface area contributed by atoms with Gasteiger partial charge >= 0.3 is 0 Å². The zero-order chi connectivity index (χ0) is 12.0. The van der Waals surface area contributed by atoms with Gasteiger partial charge in [0.2, 0.25) is 0 Å². The third-order valence-electron chi connectivity index (χ3n) is 3.55. The van der Waals surface area contributed by atoms with Gasteiger partial charge in [-0.2, -0.15) is 0 Å². The lowest BCUT2D eigenvalue weighted by atomic mass is 10.1. The number of hydrogen-bond acceptors (Lipinski definition) is 3. The van der Waals surface area contributed by atoms with E-state index in [1.54, 1.807) is 0 Å². The van der Waals surface area contributed by atoms with Gasteiger partial charge in [-0.25, -0.2) is 0 Å². The molecular weight excluding hydrogens is 198 g/mol. The van der Waals surface area contributed by atoms with Gasteiger partial charge in [-0.3, -0.25) is 4.90 Å². The highest BCUT2D eigenvalue weighted by Crippen LogP contribution is 2.14. The molecule has 1 fully saturated rings. The first kappa shape index (κ1) is 13.9. The fourth-order valence-electron chi connectivity index (χ4n) is 2.85. The van der Waals surface area contributed by atoms with Gasteiger partial charge in [0.05, 0.1) is 0 Å².